The predicted octanol–water partition coefficient (Wildman–Crippen LogP) is 4.22. The zero-order valence-electron chi connectivity index (χ0n) is 14.4. The second-order valence-electron chi connectivity index (χ2n) is 5.39. The van der Waals surface area contributed by atoms with Crippen LogP contribution < -0.4 is 15.5 Å². The molecule has 0 bridgehead atoms. The molecule has 0 fully saturated rings. The van der Waals surface area contributed by atoms with Gasteiger partial charge in [0, 0.05) is 12.5 Å². The topological polar surface area (TPSA) is 75.6 Å². The van der Waals surface area contributed by atoms with Crippen molar-refractivity contribution in [3.63, 3.8) is 0 Å². The molecule has 1 aromatic heterocycles. The van der Waals surface area contributed by atoms with E-state index in [0.29, 0.717) is 15.8 Å². The first-order chi connectivity index (χ1) is 12.7. The molecule has 0 spiro atoms. The molecular formula is C19H18N4O2S. The quantitative estimate of drug-likeness (QED) is 0.506. The Morgan fingerprint density at radius 3 is 2.54 bits per heavy atom. The van der Waals surface area contributed by atoms with Gasteiger partial charge in [-0.05, 0) is 29.8 Å². The molecule has 0 aliphatic heterocycles. The number of nitrogens with zero attached hydrogens (tertiary/aromatic N) is 2. The number of methoxy groups -OCH3 is 1. The van der Waals surface area contributed by atoms with Gasteiger partial charge in [0.15, 0.2) is 0 Å². The molecule has 0 unspecified atom stereocenters. The van der Waals surface area contributed by atoms with E-state index in [0.717, 1.165) is 16.9 Å². The number of amides is 1. The number of ether oxygens (including phenoxy) is 1. The summed E-state index contributed by atoms with van der Waals surface area (Å²) in [6, 6.07) is 17.2. The highest BCUT2D eigenvalue weighted by Crippen LogP contribution is 2.35. The van der Waals surface area contributed by atoms with Gasteiger partial charge in [-0.2, -0.15) is 5.10 Å². The second-order valence-corrected chi connectivity index (χ2v) is 6.39. The molecule has 0 aliphatic rings. The van der Waals surface area contributed by atoms with Crippen LogP contribution in [0.4, 0.5) is 10.1 Å². The third-order valence-corrected chi connectivity index (χ3v) is 4.33. The lowest BCUT2D eigenvalue weighted by Crippen LogP contribution is -2.05. The molecular weight excluding hydrogens is 348 g/mol. The molecule has 0 aliphatic carbocycles. The number of hydrogen-bond donors (Lipinski definition) is 2. The molecule has 3 aromatic rings. The van der Waals surface area contributed by atoms with Crippen molar-refractivity contribution >= 4 is 33.6 Å². The Bertz CT molecular complexity index is 905. The van der Waals surface area contributed by atoms with E-state index in [2.05, 4.69) is 20.8 Å². The summed E-state index contributed by atoms with van der Waals surface area (Å²) in [4.78, 5) is 16.0. The summed E-state index contributed by atoms with van der Waals surface area (Å²) in [6.45, 7) is 1.48. The van der Waals surface area contributed by atoms with Gasteiger partial charge in [0.2, 0.25) is 11.0 Å². The first-order valence-electron chi connectivity index (χ1n) is 7.92. The van der Waals surface area contributed by atoms with Crippen LogP contribution in [0.2, 0.25) is 0 Å². The van der Waals surface area contributed by atoms with E-state index in [1.54, 1.807) is 13.3 Å². The van der Waals surface area contributed by atoms with Crippen molar-refractivity contribution in [2.75, 3.05) is 17.9 Å². The van der Waals surface area contributed by atoms with Gasteiger partial charge in [-0.1, -0.05) is 41.7 Å². The standard InChI is InChI=1S/C19H18N4O2S/c1-13(24)21-18-17(15-6-4-3-5-7-15)22-19(26-18)23-20-12-14-8-10-16(25-2)11-9-14/h3-12H,1-2H3,(H,21,24)(H,22,23). The highest BCUT2D eigenvalue weighted by Gasteiger charge is 2.13. The number of carbonyl (C=O) groups excluding carboxylic acids is 1. The largest absolute Gasteiger partial charge is 0.497 e. The highest BCUT2D eigenvalue weighted by atomic mass is 32.1. The number of anilines is 2. The maximum absolute atomic E-state index is 11.5. The van der Waals surface area contributed by atoms with E-state index in [4.69, 9.17) is 4.74 Å². The molecule has 0 saturated carbocycles. The first kappa shape index (κ1) is 17.6. The van der Waals surface area contributed by atoms with Crippen molar-refractivity contribution in [2.45, 2.75) is 6.92 Å². The van der Waals surface area contributed by atoms with Crippen LogP contribution in [0.15, 0.2) is 59.7 Å². The van der Waals surface area contributed by atoms with Crippen LogP contribution in [-0.4, -0.2) is 24.2 Å². The molecule has 1 amide bonds. The van der Waals surface area contributed by atoms with Gasteiger partial charge in [0.1, 0.15) is 16.4 Å². The summed E-state index contributed by atoms with van der Waals surface area (Å²) in [5, 5.41) is 8.32. The Morgan fingerprint density at radius 1 is 1.15 bits per heavy atom. The van der Waals surface area contributed by atoms with Crippen LogP contribution in [-0.2, 0) is 4.79 Å². The predicted molar refractivity (Wildman–Crippen MR) is 106 cm³/mol. The van der Waals surface area contributed by atoms with Crippen molar-refractivity contribution < 1.29 is 9.53 Å². The van der Waals surface area contributed by atoms with Crippen LogP contribution in [0.3, 0.4) is 0 Å². The van der Waals surface area contributed by atoms with Crippen molar-refractivity contribution in [3.05, 3.63) is 60.2 Å². The Kier molecular flexibility index (Phi) is 5.60. The minimum atomic E-state index is -0.140. The number of thiazole rings is 1. The van der Waals surface area contributed by atoms with Gasteiger partial charge in [0.05, 0.1) is 13.3 Å². The van der Waals surface area contributed by atoms with Crippen LogP contribution in [0.1, 0.15) is 12.5 Å². The third kappa shape index (κ3) is 4.46. The number of hydrazone groups is 1. The van der Waals surface area contributed by atoms with Gasteiger partial charge in [-0.25, -0.2) is 4.98 Å². The van der Waals surface area contributed by atoms with Crippen molar-refractivity contribution in [1.82, 2.24) is 4.98 Å². The Labute approximate surface area is 155 Å². The van der Waals surface area contributed by atoms with E-state index in [9.17, 15) is 4.79 Å². The fourth-order valence-corrected chi connectivity index (χ4v) is 3.14. The summed E-state index contributed by atoms with van der Waals surface area (Å²) >= 11 is 1.34. The molecule has 2 N–H and O–H groups in total. The monoisotopic (exact) mass is 366 g/mol. The molecule has 7 heteroatoms. The average molecular weight is 366 g/mol. The summed E-state index contributed by atoms with van der Waals surface area (Å²) in [7, 11) is 1.63. The lowest BCUT2D eigenvalue weighted by Gasteiger charge is -2.01. The minimum Gasteiger partial charge on any atom is -0.497 e. The Hall–Kier alpha value is -3.19. The van der Waals surface area contributed by atoms with E-state index in [-0.39, 0.29) is 5.91 Å². The zero-order valence-corrected chi connectivity index (χ0v) is 15.2. The molecule has 0 radical (unpaired) electrons. The van der Waals surface area contributed by atoms with E-state index in [1.165, 1.54) is 18.3 Å². The summed E-state index contributed by atoms with van der Waals surface area (Å²) in [5.41, 5.74) is 5.50. The molecule has 3 rings (SSSR count). The fraction of sp³-hybridized carbons (Fsp3) is 0.105. The van der Waals surface area contributed by atoms with Gasteiger partial charge >= 0.3 is 0 Å². The van der Waals surface area contributed by atoms with Crippen LogP contribution >= 0.6 is 11.3 Å². The number of nitrogens with one attached hydrogen (secondary N) is 2. The summed E-state index contributed by atoms with van der Waals surface area (Å²) in [5.74, 6) is 0.654. The SMILES string of the molecule is COc1ccc(C=NNc2nc(-c3ccccc3)c(NC(C)=O)s2)cc1. The minimum absolute atomic E-state index is 0.140. The second kappa shape index (κ2) is 8.26. The maximum Gasteiger partial charge on any atom is 0.221 e. The molecule has 6 nitrogen and oxygen atoms in total. The number of rotatable bonds is 6. The summed E-state index contributed by atoms with van der Waals surface area (Å²) < 4.78 is 5.13. The normalized spacial score (nSPS) is 10.7. The summed E-state index contributed by atoms with van der Waals surface area (Å²) in [6.07, 6.45) is 1.70. The number of carbonyl (C=O) groups is 1. The van der Waals surface area contributed by atoms with Gasteiger partial charge in [0.25, 0.3) is 0 Å². The number of benzene rings is 2. The molecule has 0 saturated heterocycles. The van der Waals surface area contributed by atoms with Gasteiger partial charge < -0.3 is 10.1 Å². The van der Waals surface area contributed by atoms with E-state index >= 15 is 0 Å². The third-order valence-electron chi connectivity index (χ3n) is 3.45. The van der Waals surface area contributed by atoms with Crippen LogP contribution in [0.5, 0.6) is 5.75 Å². The zero-order chi connectivity index (χ0) is 18.4. The van der Waals surface area contributed by atoms with Gasteiger partial charge in [-0.15, -0.1) is 0 Å². The van der Waals surface area contributed by atoms with Crippen molar-refractivity contribution in [2.24, 2.45) is 5.10 Å². The average Bonchev–Trinajstić information content (AvgIpc) is 3.05. The van der Waals surface area contributed by atoms with Gasteiger partial charge in [-0.3, -0.25) is 10.2 Å². The molecule has 0 atom stereocenters. The maximum atomic E-state index is 11.5. The number of hydrogen-bond acceptors (Lipinski definition) is 6. The van der Waals surface area contributed by atoms with E-state index in [1.807, 2.05) is 54.6 Å². The molecule has 1 heterocycles. The lowest BCUT2D eigenvalue weighted by atomic mass is 10.2. The van der Waals surface area contributed by atoms with Crippen LogP contribution in [0, 0.1) is 0 Å². The highest BCUT2D eigenvalue weighted by molar-refractivity contribution is 7.20. The number of aromatic nitrogens is 1. The van der Waals surface area contributed by atoms with Crippen molar-refractivity contribution in [3.8, 4) is 17.0 Å². The molecule has 26 heavy (non-hydrogen) atoms. The lowest BCUT2D eigenvalue weighted by molar-refractivity contribution is -0.114. The Balaban J connectivity index is 1.78. The fourth-order valence-electron chi connectivity index (χ4n) is 2.26. The first-order valence-corrected chi connectivity index (χ1v) is 8.74. The molecule has 2 aromatic carbocycles. The Morgan fingerprint density at radius 2 is 1.88 bits per heavy atom. The van der Waals surface area contributed by atoms with Crippen LogP contribution in [0.25, 0.3) is 11.3 Å². The molecule has 132 valence electrons. The van der Waals surface area contributed by atoms with E-state index < -0.39 is 0 Å². The van der Waals surface area contributed by atoms with Crippen molar-refractivity contribution in [1.29, 1.82) is 0 Å². The smallest absolute Gasteiger partial charge is 0.221 e.